The summed E-state index contributed by atoms with van der Waals surface area (Å²) >= 11 is 2.05. The third-order valence-corrected chi connectivity index (χ3v) is 4.41. The molecule has 2 heterocycles. The molecule has 0 amide bonds. The summed E-state index contributed by atoms with van der Waals surface area (Å²) in [5.74, 6) is 0. The van der Waals surface area contributed by atoms with Gasteiger partial charge < -0.3 is 14.8 Å². The minimum Gasteiger partial charge on any atom is -0.380 e. The van der Waals surface area contributed by atoms with Gasteiger partial charge in [0.15, 0.2) is 0 Å². The number of rotatable bonds is 5. The molecule has 1 N–H and O–H groups in total. The summed E-state index contributed by atoms with van der Waals surface area (Å²) in [6.45, 7) is 7.03. The maximum atomic E-state index is 5.56. The van der Waals surface area contributed by atoms with Gasteiger partial charge in [0, 0.05) is 17.9 Å². The fraction of sp³-hybridized carbons (Fsp3) is 1.00. The van der Waals surface area contributed by atoms with Gasteiger partial charge in [-0.15, -0.1) is 11.8 Å². The molecule has 0 aromatic carbocycles. The molecular formula is C11H21NO2S. The summed E-state index contributed by atoms with van der Waals surface area (Å²) in [5.41, 5.74) is 0. The van der Waals surface area contributed by atoms with Crippen LogP contribution in [0.5, 0.6) is 0 Å². The van der Waals surface area contributed by atoms with Crippen LogP contribution in [0.15, 0.2) is 0 Å². The molecule has 2 unspecified atom stereocenters. The number of nitrogens with one attached hydrogen (secondary N) is 1. The van der Waals surface area contributed by atoms with Gasteiger partial charge in [0.25, 0.3) is 0 Å². The van der Waals surface area contributed by atoms with Crippen LogP contribution in [-0.4, -0.2) is 49.5 Å². The summed E-state index contributed by atoms with van der Waals surface area (Å²) in [6, 6.07) is 0.643. The Morgan fingerprint density at radius 2 is 2.13 bits per heavy atom. The first-order valence-electron chi connectivity index (χ1n) is 5.94. The standard InChI is InChI=1S/C11H21NO2S/c1-2-4-12-10-3-5-13-8-11(10)15-9-6-14-7-9/h9-12H,2-8H2,1H3. The van der Waals surface area contributed by atoms with Crippen molar-refractivity contribution in [1.29, 1.82) is 0 Å². The summed E-state index contributed by atoms with van der Waals surface area (Å²) in [7, 11) is 0. The van der Waals surface area contributed by atoms with Crippen LogP contribution >= 0.6 is 11.8 Å². The molecule has 2 atom stereocenters. The predicted octanol–water partition coefficient (Wildman–Crippen LogP) is 1.28. The van der Waals surface area contributed by atoms with Crippen LogP contribution in [-0.2, 0) is 9.47 Å². The predicted molar refractivity (Wildman–Crippen MR) is 63.5 cm³/mol. The molecular weight excluding hydrogens is 210 g/mol. The smallest absolute Gasteiger partial charge is 0.0608 e. The molecule has 0 saturated carbocycles. The lowest BCUT2D eigenvalue weighted by Gasteiger charge is -2.36. The molecule has 0 aromatic rings. The van der Waals surface area contributed by atoms with Crippen molar-refractivity contribution in [3.63, 3.8) is 0 Å². The second kappa shape index (κ2) is 6.09. The van der Waals surface area contributed by atoms with Crippen molar-refractivity contribution in [2.75, 3.05) is 33.0 Å². The van der Waals surface area contributed by atoms with Crippen molar-refractivity contribution in [2.45, 2.75) is 36.3 Å². The third kappa shape index (κ3) is 3.34. The highest BCUT2D eigenvalue weighted by Gasteiger charge is 2.30. The second-order valence-electron chi connectivity index (χ2n) is 4.26. The monoisotopic (exact) mass is 231 g/mol. The minimum absolute atomic E-state index is 0.624. The highest BCUT2D eigenvalue weighted by atomic mass is 32.2. The maximum Gasteiger partial charge on any atom is 0.0608 e. The van der Waals surface area contributed by atoms with Gasteiger partial charge in [0.05, 0.1) is 25.1 Å². The van der Waals surface area contributed by atoms with Crippen molar-refractivity contribution in [3.8, 4) is 0 Å². The number of hydrogen-bond donors (Lipinski definition) is 1. The highest BCUT2D eigenvalue weighted by Crippen LogP contribution is 2.29. The number of hydrogen-bond acceptors (Lipinski definition) is 4. The molecule has 0 bridgehead atoms. The van der Waals surface area contributed by atoms with E-state index < -0.39 is 0 Å². The summed E-state index contributed by atoms with van der Waals surface area (Å²) in [6.07, 6.45) is 2.37. The number of thioether (sulfide) groups is 1. The highest BCUT2D eigenvalue weighted by molar-refractivity contribution is 8.00. The summed E-state index contributed by atoms with van der Waals surface area (Å²) in [5, 5.41) is 4.97. The molecule has 88 valence electrons. The first-order valence-corrected chi connectivity index (χ1v) is 6.88. The molecule has 2 fully saturated rings. The normalized spacial score (nSPS) is 32.6. The largest absolute Gasteiger partial charge is 0.380 e. The Morgan fingerprint density at radius 3 is 2.80 bits per heavy atom. The van der Waals surface area contributed by atoms with Gasteiger partial charge in [0.2, 0.25) is 0 Å². The average Bonchev–Trinajstić information content (AvgIpc) is 2.22. The van der Waals surface area contributed by atoms with Gasteiger partial charge in [-0.3, -0.25) is 0 Å². The zero-order chi connectivity index (χ0) is 10.5. The van der Waals surface area contributed by atoms with E-state index in [0.717, 1.165) is 39.4 Å². The van der Waals surface area contributed by atoms with Gasteiger partial charge in [-0.05, 0) is 19.4 Å². The Hall–Kier alpha value is 0.230. The summed E-state index contributed by atoms with van der Waals surface area (Å²) < 4.78 is 10.8. The van der Waals surface area contributed by atoms with Crippen LogP contribution in [0, 0.1) is 0 Å². The van der Waals surface area contributed by atoms with Crippen molar-refractivity contribution in [1.82, 2.24) is 5.32 Å². The van der Waals surface area contributed by atoms with Crippen LogP contribution in [0.3, 0.4) is 0 Å². The van der Waals surface area contributed by atoms with E-state index >= 15 is 0 Å². The van der Waals surface area contributed by atoms with E-state index in [1.54, 1.807) is 0 Å². The molecule has 0 radical (unpaired) electrons. The van der Waals surface area contributed by atoms with Crippen molar-refractivity contribution in [3.05, 3.63) is 0 Å². The molecule has 4 heteroatoms. The van der Waals surface area contributed by atoms with Gasteiger partial charge >= 0.3 is 0 Å². The zero-order valence-corrected chi connectivity index (χ0v) is 10.2. The van der Waals surface area contributed by atoms with Gasteiger partial charge in [-0.2, -0.15) is 0 Å². The van der Waals surface area contributed by atoms with Gasteiger partial charge in [0.1, 0.15) is 0 Å². The fourth-order valence-corrected chi connectivity index (χ4v) is 3.39. The van der Waals surface area contributed by atoms with E-state index in [0.29, 0.717) is 16.5 Å². The van der Waals surface area contributed by atoms with Crippen LogP contribution in [0.4, 0.5) is 0 Å². The van der Waals surface area contributed by atoms with Gasteiger partial charge in [-0.25, -0.2) is 0 Å². The molecule has 2 aliphatic heterocycles. The minimum atomic E-state index is 0.624. The van der Waals surface area contributed by atoms with E-state index in [-0.39, 0.29) is 0 Å². The Balaban J connectivity index is 1.76. The first-order chi connectivity index (χ1) is 7.40. The Bertz CT molecular complexity index is 187. The molecule has 3 nitrogen and oxygen atoms in total. The molecule has 2 rings (SSSR count). The lowest BCUT2D eigenvalue weighted by atomic mass is 10.1. The van der Waals surface area contributed by atoms with Crippen LogP contribution in [0.2, 0.25) is 0 Å². The molecule has 15 heavy (non-hydrogen) atoms. The van der Waals surface area contributed by atoms with Gasteiger partial charge in [-0.1, -0.05) is 6.92 Å². The number of ether oxygens (including phenoxy) is 2. The lowest BCUT2D eigenvalue weighted by Crippen LogP contribution is -2.47. The lowest BCUT2D eigenvalue weighted by molar-refractivity contribution is 0.0432. The topological polar surface area (TPSA) is 30.5 Å². The van der Waals surface area contributed by atoms with Crippen LogP contribution in [0.1, 0.15) is 19.8 Å². The maximum absolute atomic E-state index is 5.56. The third-order valence-electron chi connectivity index (χ3n) is 2.94. The van der Waals surface area contributed by atoms with E-state index in [9.17, 15) is 0 Å². The van der Waals surface area contributed by atoms with Crippen LogP contribution < -0.4 is 5.32 Å². The molecule has 0 aromatic heterocycles. The molecule has 0 spiro atoms. The Kier molecular flexibility index (Phi) is 4.75. The fourth-order valence-electron chi connectivity index (χ4n) is 1.95. The molecule has 2 aliphatic rings. The second-order valence-corrected chi connectivity index (χ2v) is 5.80. The van der Waals surface area contributed by atoms with E-state index in [1.807, 2.05) is 0 Å². The average molecular weight is 231 g/mol. The van der Waals surface area contributed by atoms with Crippen molar-refractivity contribution < 1.29 is 9.47 Å². The first kappa shape index (κ1) is 11.7. The van der Waals surface area contributed by atoms with E-state index in [2.05, 4.69) is 24.0 Å². The Labute approximate surface area is 96.3 Å². The van der Waals surface area contributed by atoms with Crippen molar-refractivity contribution >= 4 is 11.8 Å². The quantitative estimate of drug-likeness (QED) is 0.772. The van der Waals surface area contributed by atoms with Crippen molar-refractivity contribution in [2.24, 2.45) is 0 Å². The Morgan fingerprint density at radius 1 is 1.27 bits per heavy atom. The van der Waals surface area contributed by atoms with E-state index in [4.69, 9.17) is 9.47 Å². The van der Waals surface area contributed by atoms with Crippen LogP contribution in [0.25, 0.3) is 0 Å². The molecule has 0 aliphatic carbocycles. The van der Waals surface area contributed by atoms with E-state index in [1.165, 1.54) is 6.42 Å². The zero-order valence-electron chi connectivity index (χ0n) is 9.41. The SMILES string of the molecule is CCCNC1CCOCC1SC1COC1. The summed E-state index contributed by atoms with van der Waals surface area (Å²) in [4.78, 5) is 0. The molecule has 2 saturated heterocycles.